The van der Waals surface area contributed by atoms with Crippen molar-refractivity contribution in [3.63, 3.8) is 0 Å². The topological polar surface area (TPSA) is 30.5 Å². The number of benzene rings is 1. The van der Waals surface area contributed by atoms with Gasteiger partial charge in [-0.2, -0.15) is 0 Å². The number of hydrogen-bond acceptors (Lipinski definition) is 3. The molecule has 2 rings (SSSR count). The first-order chi connectivity index (χ1) is 8.33. The minimum Gasteiger partial charge on any atom is -0.377 e. The Labute approximate surface area is 103 Å². The second kappa shape index (κ2) is 6.15. The Hall–Kier alpha value is -0.900. The van der Waals surface area contributed by atoms with Gasteiger partial charge in [0.05, 0.1) is 6.10 Å². The highest BCUT2D eigenvalue weighted by atomic mass is 16.5. The van der Waals surface area contributed by atoms with Gasteiger partial charge < -0.3 is 9.47 Å². The molecule has 3 heteroatoms. The van der Waals surface area contributed by atoms with E-state index in [-0.39, 0.29) is 12.3 Å². The van der Waals surface area contributed by atoms with Gasteiger partial charge in [0.2, 0.25) is 0 Å². The summed E-state index contributed by atoms with van der Waals surface area (Å²) in [5.41, 5.74) is 1.35. The summed E-state index contributed by atoms with van der Waals surface area (Å²) >= 11 is 0. The molecular weight excluding hydrogens is 214 g/mol. The maximum Gasteiger partial charge on any atom is 0.134 e. The second-order valence-corrected chi connectivity index (χ2v) is 4.38. The summed E-state index contributed by atoms with van der Waals surface area (Å²) in [4.78, 5) is 0. The Kier molecular flexibility index (Phi) is 4.54. The lowest BCUT2D eigenvalue weighted by Crippen LogP contribution is -2.53. The van der Waals surface area contributed by atoms with Gasteiger partial charge in [-0.25, -0.2) is 0 Å². The van der Waals surface area contributed by atoms with Crippen molar-refractivity contribution in [2.75, 3.05) is 14.2 Å². The minimum atomic E-state index is -0.0394. The molecule has 0 bridgehead atoms. The van der Waals surface area contributed by atoms with E-state index in [1.807, 2.05) is 6.07 Å². The van der Waals surface area contributed by atoms with Crippen LogP contribution in [0.5, 0.6) is 0 Å². The molecule has 1 saturated heterocycles. The molecule has 1 fully saturated rings. The lowest BCUT2D eigenvalue weighted by molar-refractivity contribution is -0.0572. The first-order valence-electron chi connectivity index (χ1n) is 6.02. The van der Waals surface area contributed by atoms with Gasteiger partial charge >= 0.3 is 0 Å². The number of ether oxygens (including phenoxy) is 2. The van der Waals surface area contributed by atoms with E-state index in [0.29, 0.717) is 6.04 Å². The zero-order chi connectivity index (χ0) is 12.1. The summed E-state index contributed by atoms with van der Waals surface area (Å²) in [7, 11) is 3.43. The molecule has 1 N–H and O–H groups in total. The highest BCUT2D eigenvalue weighted by molar-refractivity contribution is 5.16. The van der Waals surface area contributed by atoms with Gasteiger partial charge in [0.15, 0.2) is 0 Å². The van der Waals surface area contributed by atoms with Crippen molar-refractivity contribution < 1.29 is 9.47 Å². The van der Waals surface area contributed by atoms with Crippen LogP contribution in [0, 0.1) is 6.42 Å². The van der Waals surface area contributed by atoms with E-state index in [1.54, 1.807) is 14.2 Å². The molecule has 1 aliphatic rings. The maximum absolute atomic E-state index is 5.40. The third-order valence-corrected chi connectivity index (χ3v) is 3.20. The van der Waals surface area contributed by atoms with Crippen LogP contribution in [-0.4, -0.2) is 32.6 Å². The number of hydrogen-bond donors (Lipinski definition) is 1. The third kappa shape index (κ3) is 3.28. The smallest absolute Gasteiger partial charge is 0.134 e. The van der Waals surface area contributed by atoms with Crippen LogP contribution in [0.15, 0.2) is 30.3 Å². The molecule has 0 aromatic heterocycles. The Morgan fingerprint density at radius 3 is 2.59 bits per heavy atom. The highest BCUT2D eigenvalue weighted by Crippen LogP contribution is 2.18. The largest absolute Gasteiger partial charge is 0.377 e. The van der Waals surface area contributed by atoms with Gasteiger partial charge in [-0.3, -0.25) is 5.32 Å². The molecule has 1 heterocycles. The lowest BCUT2D eigenvalue weighted by atomic mass is 9.95. The van der Waals surface area contributed by atoms with E-state index in [2.05, 4.69) is 36.0 Å². The lowest BCUT2D eigenvalue weighted by Gasteiger charge is -2.35. The average Bonchev–Trinajstić information content (AvgIpc) is 2.40. The van der Waals surface area contributed by atoms with Crippen LogP contribution in [0.25, 0.3) is 0 Å². The van der Waals surface area contributed by atoms with Gasteiger partial charge in [0.1, 0.15) is 6.23 Å². The number of rotatable bonds is 4. The SMILES string of the molecule is COC1[CH]CC(Cc2ccccc2)NC1OC. The van der Waals surface area contributed by atoms with Crippen molar-refractivity contribution >= 4 is 0 Å². The number of piperidine rings is 1. The van der Waals surface area contributed by atoms with Crippen LogP contribution in [0.3, 0.4) is 0 Å². The van der Waals surface area contributed by atoms with Crippen LogP contribution in [0.2, 0.25) is 0 Å². The Morgan fingerprint density at radius 1 is 1.18 bits per heavy atom. The van der Waals surface area contributed by atoms with Crippen LogP contribution in [-0.2, 0) is 15.9 Å². The van der Waals surface area contributed by atoms with Crippen molar-refractivity contribution in [1.82, 2.24) is 5.32 Å². The summed E-state index contributed by atoms with van der Waals surface area (Å²) in [5, 5.41) is 3.47. The number of methoxy groups -OCH3 is 2. The molecule has 3 atom stereocenters. The molecule has 93 valence electrons. The molecule has 1 radical (unpaired) electrons. The fraction of sp³-hybridized carbons (Fsp3) is 0.500. The van der Waals surface area contributed by atoms with E-state index in [1.165, 1.54) is 5.56 Å². The Bertz CT molecular complexity index is 328. The summed E-state index contributed by atoms with van der Waals surface area (Å²) in [5.74, 6) is 0. The van der Waals surface area contributed by atoms with E-state index < -0.39 is 0 Å². The molecule has 0 spiro atoms. The van der Waals surface area contributed by atoms with Crippen LogP contribution < -0.4 is 5.32 Å². The molecule has 3 unspecified atom stereocenters. The van der Waals surface area contributed by atoms with Gasteiger partial charge in [0.25, 0.3) is 0 Å². The molecule has 1 aromatic carbocycles. The van der Waals surface area contributed by atoms with Crippen molar-refractivity contribution in [2.24, 2.45) is 0 Å². The predicted molar refractivity (Wildman–Crippen MR) is 67.6 cm³/mol. The van der Waals surface area contributed by atoms with Gasteiger partial charge in [-0.05, 0) is 24.8 Å². The Balaban J connectivity index is 1.91. The molecule has 1 aromatic rings. The van der Waals surface area contributed by atoms with Crippen LogP contribution >= 0.6 is 0 Å². The van der Waals surface area contributed by atoms with Gasteiger partial charge in [0, 0.05) is 20.3 Å². The quantitative estimate of drug-likeness (QED) is 0.861. The standard InChI is InChI=1S/C14H20NO2/c1-16-13-9-8-12(15-14(13)17-2)10-11-6-4-3-5-7-11/h3-7,9,12-15H,8,10H2,1-2H3. The molecule has 3 nitrogen and oxygen atoms in total. The third-order valence-electron chi connectivity index (χ3n) is 3.20. The molecule has 17 heavy (non-hydrogen) atoms. The molecular formula is C14H20NO2. The van der Waals surface area contributed by atoms with Crippen LogP contribution in [0.4, 0.5) is 0 Å². The number of nitrogens with one attached hydrogen (secondary N) is 1. The van der Waals surface area contributed by atoms with Crippen molar-refractivity contribution in [1.29, 1.82) is 0 Å². The maximum atomic E-state index is 5.40. The van der Waals surface area contributed by atoms with E-state index in [9.17, 15) is 0 Å². The summed E-state index contributed by atoms with van der Waals surface area (Å²) in [6, 6.07) is 10.9. The van der Waals surface area contributed by atoms with Crippen LogP contribution in [0.1, 0.15) is 12.0 Å². The molecule has 1 aliphatic heterocycles. The first kappa shape index (κ1) is 12.6. The molecule has 0 saturated carbocycles. The van der Waals surface area contributed by atoms with E-state index in [4.69, 9.17) is 9.47 Å². The monoisotopic (exact) mass is 234 g/mol. The average molecular weight is 234 g/mol. The fourth-order valence-corrected chi connectivity index (χ4v) is 2.28. The summed E-state index contributed by atoms with van der Waals surface area (Å²) in [6.45, 7) is 0. The van der Waals surface area contributed by atoms with E-state index in [0.717, 1.165) is 12.8 Å². The zero-order valence-electron chi connectivity index (χ0n) is 10.4. The van der Waals surface area contributed by atoms with Crippen molar-refractivity contribution in [3.8, 4) is 0 Å². The summed E-state index contributed by atoms with van der Waals surface area (Å²) < 4.78 is 10.7. The first-order valence-corrected chi connectivity index (χ1v) is 6.02. The fourth-order valence-electron chi connectivity index (χ4n) is 2.28. The summed E-state index contributed by atoms with van der Waals surface area (Å²) in [6.07, 6.45) is 4.23. The van der Waals surface area contributed by atoms with Crippen molar-refractivity contribution in [2.45, 2.75) is 31.2 Å². The second-order valence-electron chi connectivity index (χ2n) is 4.38. The van der Waals surface area contributed by atoms with Gasteiger partial charge in [-0.1, -0.05) is 30.3 Å². The molecule has 0 aliphatic carbocycles. The zero-order valence-corrected chi connectivity index (χ0v) is 10.4. The van der Waals surface area contributed by atoms with Gasteiger partial charge in [-0.15, -0.1) is 0 Å². The van der Waals surface area contributed by atoms with E-state index >= 15 is 0 Å². The van der Waals surface area contributed by atoms with Crippen molar-refractivity contribution in [3.05, 3.63) is 42.3 Å². The predicted octanol–water partition coefficient (Wildman–Crippen LogP) is 1.78. The Morgan fingerprint density at radius 2 is 1.94 bits per heavy atom. The normalized spacial score (nSPS) is 29.2. The highest BCUT2D eigenvalue weighted by Gasteiger charge is 2.29. The minimum absolute atomic E-state index is 0.0394. The molecule has 0 amide bonds.